The molecule has 2 N–H and O–H groups in total. The van der Waals surface area contributed by atoms with Crippen LogP contribution in [0, 0.1) is 12.7 Å². The first-order chi connectivity index (χ1) is 19.9. The van der Waals surface area contributed by atoms with Gasteiger partial charge in [-0.2, -0.15) is 0 Å². The number of anilines is 3. The molecule has 42 heavy (non-hydrogen) atoms. The van der Waals surface area contributed by atoms with Gasteiger partial charge in [0, 0.05) is 50.0 Å². The van der Waals surface area contributed by atoms with E-state index in [2.05, 4.69) is 15.3 Å². The molecule has 10 nitrogen and oxygen atoms in total. The fraction of sp³-hybridized carbons (Fsp3) is 0.276. The van der Waals surface area contributed by atoms with Gasteiger partial charge in [-0.15, -0.1) is 0 Å². The van der Waals surface area contributed by atoms with E-state index in [1.54, 1.807) is 40.2 Å². The number of aryl methyl sites for hydroxylation is 1. The summed E-state index contributed by atoms with van der Waals surface area (Å²) < 4.78 is 42.6. The first-order valence-corrected chi connectivity index (χ1v) is 12.7. The molecule has 4 rings (SSSR count). The highest BCUT2D eigenvalue weighted by Crippen LogP contribution is 2.32. The van der Waals surface area contributed by atoms with Crippen molar-refractivity contribution in [1.29, 1.82) is 0 Å². The smallest absolute Gasteiger partial charge is 0.290 e. The third-order valence-corrected chi connectivity index (χ3v) is 6.45. The Morgan fingerprint density at radius 1 is 1.07 bits per heavy atom. The lowest BCUT2D eigenvalue weighted by Crippen LogP contribution is -2.31. The van der Waals surface area contributed by atoms with Gasteiger partial charge in [-0.3, -0.25) is 14.4 Å². The number of aromatic nitrogens is 3. The Morgan fingerprint density at radius 3 is 2.36 bits per heavy atom. The maximum absolute atomic E-state index is 14.8. The minimum Gasteiger partial charge on any atom is -0.483 e. The summed E-state index contributed by atoms with van der Waals surface area (Å²) in [6.07, 6.45) is -1.31. The number of hydrogen-bond donors (Lipinski definition) is 2. The van der Waals surface area contributed by atoms with Crippen molar-refractivity contribution in [1.82, 2.24) is 19.4 Å². The molecule has 2 heterocycles. The Morgan fingerprint density at radius 2 is 1.71 bits per heavy atom. The van der Waals surface area contributed by atoms with Gasteiger partial charge >= 0.3 is 0 Å². The summed E-state index contributed by atoms with van der Waals surface area (Å²) in [5, 5.41) is 10.7. The maximum Gasteiger partial charge on any atom is 0.290 e. The zero-order chi connectivity index (χ0) is 31.1. The standard InChI is InChI=1S/C28H29F3N6O2.CH2O2/c1-16(20-7-6-8-21(26(20)29)27(30)31)32-28-22-13-18(9-11-23(22)33-17(2)34-28)36(5)19-10-12-24(38)37(14-19)15-25(39)35(3)4;2-1-3/h6-14,16,27H,15H2,1-5H3,(H,32,33,34);1H,(H,2,3)/t16-;/m1./s1. The minimum atomic E-state index is -2.92. The molecule has 0 spiro atoms. The Bertz CT molecular complexity index is 1640. The van der Waals surface area contributed by atoms with E-state index in [1.165, 1.54) is 27.7 Å². The number of nitrogens with one attached hydrogen (secondary N) is 1. The number of rotatable bonds is 8. The Balaban J connectivity index is 0.00000155. The average Bonchev–Trinajstić information content (AvgIpc) is 2.93. The summed E-state index contributed by atoms with van der Waals surface area (Å²) in [6, 6.07) is 11.8. The van der Waals surface area contributed by atoms with Gasteiger partial charge in [0.05, 0.1) is 22.8 Å². The second kappa shape index (κ2) is 13.6. The number of alkyl halides is 2. The zero-order valence-electron chi connectivity index (χ0n) is 23.7. The first-order valence-electron chi connectivity index (χ1n) is 12.7. The van der Waals surface area contributed by atoms with Crippen LogP contribution in [-0.4, -0.2) is 58.1 Å². The molecule has 1 amide bonds. The Labute approximate surface area is 240 Å². The monoisotopic (exact) mass is 584 g/mol. The van der Waals surface area contributed by atoms with E-state index < -0.39 is 23.8 Å². The lowest BCUT2D eigenvalue weighted by Gasteiger charge is -2.22. The molecule has 2 aromatic carbocycles. The van der Waals surface area contributed by atoms with E-state index in [0.29, 0.717) is 28.2 Å². The summed E-state index contributed by atoms with van der Waals surface area (Å²) >= 11 is 0. The summed E-state index contributed by atoms with van der Waals surface area (Å²) in [5.74, 6) is -0.261. The van der Waals surface area contributed by atoms with Gasteiger partial charge in [-0.1, -0.05) is 18.2 Å². The number of benzene rings is 2. The number of carbonyl (C=O) groups excluding carboxylic acids is 1. The fourth-order valence-electron chi connectivity index (χ4n) is 4.18. The highest BCUT2D eigenvalue weighted by molar-refractivity contribution is 5.92. The van der Waals surface area contributed by atoms with Crippen molar-refractivity contribution in [3.8, 4) is 0 Å². The molecule has 2 aromatic heterocycles. The quantitative estimate of drug-likeness (QED) is 0.281. The number of amides is 1. The molecule has 0 aliphatic carbocycles. The number of pyridine rings is 1. The van der Waals surface area contributed by atoms with Crippen molar-refractivity contribution in [2.24, 2.45) is 0 Å². The van der Waals surface area contributed by atoms with E-state index in [-0.39, 0.29) is 30.0 Å². The molecule has 0 bridgehead atoms. The first kappa shape index (κ1) is 31.6. The second-order valence-electron chi connectivity index (χ2n) is 9.54. The Kier molecular flexibility index (Phi) is 10.2. The van der Waals surface area contributed by atoms with E-state index in [4.69, 9.17) is 9.90 Å². The zero-order valence-corrected chi connectivity index (χ0v) is 23.7. The van der Waals surface area contributed by atoms with Gasteiger partial charge in [0.1, 0.15) is 24.0 Å². The summed E-state index contributed by atoms with van der Waals surface area (Å²) in [7, 11) is 5.06. The van der Waals surface area contributed by atoms with Gasteiger partial charge in [0.15, 0.2) is 0 Å². The Hall–Kier alpha value is -4.94. The number of hydrogen-bond acceptors (Lipinski definition) is 7. The molecule has 222 valence electrons. The van der Waals surface area contributed by atoms with E-state index in [1.807, 2.05) is 30.1 Å². The molecule has 0 radical (unpaired) electrons. The highest BCUT2D eigenvalue weighted by atomic mass is 19.3. The predicted octanol–water partition coefficient (Wildman–Crippen LogP) is 4.91. The lowest BCUT2D eigenvalue weighted by molar-refractivity contribution is -0.129. The molecular weight excluding hydrogens is 553 g/mol. The van der Waals surface area contributed by atoms with E-state index in [0.717, 1.165) is 11.8 Å². The van der Waals surface area contributed by atoms with Crippen LogP contribution in [0.5, 0.6) is 0 Å². The van der Waals surface area contributed by atoms with Gasteiger partial charge in [0.2, 0.25) is 5.91 Å². The summed E-state index contributed by atoms with van der Waals surface area (Å²) in [4.78, 5) is 45.1. The van der Waals surface area contributed by atoms with Crippen LogP contribution in [0.1, 0.15) is 36.3 Å². The van der Waals surface area contributed by atoms with Crippen LogP contribution in [0.15, 0.2) is 59.5 Å². The van der Waals surface area contributed by atoms with Crippen molar-refractivity contribution < 1.29 is 27.9 Å². The van der Waals surface area contributed by atoms with Gasteiger partial charge < -0.3 is 24.8 Å². The third-order valence-electron chi connectivity index (χ3n) is 6.45. The number of fused-ring (bicyclic) bond motifs is 1. The molecule has 0 saturated heterocycles. The highest BCUT2D eigenvalue weighted by Gasteiger charge is 2.21. The third kappa shape index (κ3) is 7.22. The molecule has 13 heteroatoms. The van der Waals surface area contributed by atoms with Crippen LogP contribution in [0.25, 0.3) is 10.9 Å². The molecule has 0 unspecified atom stereocenters. The molecular formula is C29H31F3N6O4. The van der Waals surface area contributed by atoms with Crippen molar-refractivity contribution in [2.45, 2.75) is 32.9 Å². The van der Waals surface area contributed by atoms with Crippen LogP contribution in [0.3, 0.4) is 0 Å². The fourth-order valence-corrected chi connectivity index (χ4v) is 4.18. The van der Waals surface area contributed by atoms with Crippen molar-refractivity contribution in [3.63, 3.8) is 0 Å². The number of likely N-dealkylation sites (N-methyl/N-ethyl adjacent to an activating group) is 1. The van der Waals surface area contributed by atoms with Crippen molar-refractivity contribution in [2.75, 3.05) is 31.4 Å². The van der Waals surface area contributed by atoms with Crippen LogP contribution in [-0.2, 0) is 16.1 Å². The average molecular weight is 585 g/mol. The number of nitrogens with zero attached hydrogens (tertiary/aromatic N) is 5. The second-order valence-corrected chi connectivity index (χ2v) is 9.54. The van der Waals surface area contributed by atoms with E-state index in [9.17, 15) is 22.8 Å². The summed E-state index contributed by atoms with van der Waals surface area (Å²) in [6.45, 7) is 3.06. The van der Waals surface area contributed by atoms with Gasteiger partial charge in [0.25, 0.3) is 18.5 Å². The largest absolute Gasteiger partial charge is 0.483 e. The van der Waals surface area contributed by atoms with E-state index >= 15 is 0 Å². The van der Waals surface area contributed by atoms with Gasteiger partial charge in [-0.25, -0.2) is 23.1 Å². The van der Waals surface area contributed by atoms with Crippen molar-refractivity contribution in [3.05, 3.63) is 87.9 Å². The normalized spacial score (nSPS) is 11.5. The lowest BCUT2D eigenvalue weighted by atomic mass is 10.0. The topological polar surface area (TPSA) is 121 Å². The number of halogens is 3. The molecule has 0 aliphatic rings. The molecule has 0 aliphatic heterocycles. The van der Waals surface area contributed by atoms with Crippen LogP contribution in [0.2, 0.25) is 0 Å². The van der Waals surface area contributed by atoms with Crippen LogP contribution < -0.4 is 15.8 Å². The molecule has 4 aromatic rings. The summed E-state index contributed by atoms with van der Waals surface area (Å²) in [5.41, 5.74) is 1.19. The van der Waals surface area contributed by atoms with Crippen LogP contribution >= 0.6 is 0 Å². The van der Waals surface area contributed by atoms with Gasteiger partial charge in [-0.05, 0) is 38.1 Å². The predicted molar refractivity (Wildman–Crippen MR) is 154 cm³/mol. The van der Waals surface area contributed by atoms with Crippen molar-refractivity contribution >= 4 is 40.5 Å². The molecule has 0 fully saturated rings. The number of carboxylic acid groups (broad SMARTS) is 1. The minimum absolute atomic E-state index is 0.0897. The molecule has 1 atom stereocenters. The SMILES string of the molecule is Cc1nc(N[C@H](C)c2cccc(C(F)F)c2F)c2cc(N(C)c3ccc(=O)n(CC(=O)N(C)C)c3)ccc2n1.O=CO. The number of carbonyl (C=O) groups is 2. The maximum atomic E-state index is 14.8. The van der Waals surface area contributed by atoms with Crippen LogP contribution in [0.4, 0.5) is 30.4 Å². The molecule has 0 saturated carbocycles.